The number of aryl methyl sites for hydroxylation is 1. The smallest absolute Gasteiger partial charge is 0.337 e. The lowest BCUT2D eigenvalue weighted by molar-refractivity contribution is 0.0358. The van der Waals surface area contributed by atoms with E-state index < -0.39 is 5.97 Å². The van der Waals surface area contributed by atoms with E-state index in [2.05, 4.69) is 4.98 Å². The Labute approximate surface area is 117 Å². The van der Waals surface area contributed by atoms with Crippen molar-refractivity contribution in [1.82, 2.24) is 9.88 Å². The SMILES string of the molecule is Cc1nc(C(=O)N(C)C2CCOCC2)ccc1C(=O)O. The van der Waals surface area contributed by atoms with Crippen LogP contribution < -0.4 is 0 Å². The third kappa shape index (κ3) is 2.96. The molecule has 0 radical (unpaired) electrons. The van der Waals surface area contributed by atoms with Crippen LogP contribution in [0.5, 0.6) is 0 Å². The molecule has 1 fully saturated rings. The molecule has 0 spiro atoms. The number of amides is 1. The zero-order chi connectivity index (χ0) is 14.7. The molecule has 0 atom stereocenters. The van der Waals surface area contributed by atoms with Crippen LogP contribution in [0, 0.1) is 6.92 Å². The highest BCUT2D eigenvalue weighted by Crippen LogP contribution is 2.16. The highest BCUT2D eigenvalue weighted by Gasteiger charge is 2.24. The molecule has 6 nitrogen and oxygen atoms in total. The molecule has 108 valence electrons. The van der Waals surface area contributed by atoms with Crippen LogP contribution in [0.25, 0.3) is 0 Å². The van der Waals surface area contributed by atoms with Gasteiger partial charge in [-0.05, 0) is 31.9 Å². The van der Waals surface area contributed by atoms with Gasteiger partial charge in [-0.3, -0.25) is 4.79 Å². The van der Waals surface area contributed by atoms with E-state index in [0.717, 1.165) is 12.8 Å². The van der Waals surface area contributed by atoms with Crippen molar-refractivity contribution in [1.29, 1.82) is 0 Å². The summed E-state index contributed by atoms with van der Waals surface area (Å²) >= 11 is 0. The minimum atomic E-state index is -1.04. The summed E-state index contributed by atoms with van der Waals surface area (Å²) in [6, 6.07) is 3.04. The molecule has 1 amide bonds. The average Bonchev–Trinajstić information content (AvgIpc) is 2.46. The predicted molar refractivity (Wildman–Crippen MR) is 71.9 cm³/mol. The summed E-state index contributed by atoms with van der Waals surface area (Å²) in [5.41, 5.74) is 0.750. The maximum atomic E-state index is 12.4. The van der Waals surface area contributed by atoms with Crippen molar-refractivity contribution >= 4 is 11.9 Å². The fourth-order valence-corrected chi connectivity index (χ4v) is 2.33. The molecule has 1 aromatic rings. The third-order valence-corrected chi connectivity index (χ3v) is 3.59. The van der Waals surface area contributed by atoms with Crippen LogP contribution >= 0.6 is 0 Å². The maximum absolute atomic E-state index is 12.4. The number of pyridine rings is 1. The molecular weight excluding hydrogens is 260 g/mol. The van der Waals surface area contributed by atoms with E-state index in [4.69, 9.17) is 9.84 Å². The van der Waals surface area contributed by atoms with Gasteiger partial charge in [0, 0.05) is 26.3 Å². The Morgan fingerprint density at radius 1 is 1.35 bits per heavy atom. The van der Waals surface area contributed by atoms with Gasteiger partial charge >= 0.3 is 5.97 Å². The van der Waals surface area contributed by atoms with Crippen molar-refractivity contribution in [3.8, 4) is 0 Å². The zero-order valence-electron chi connectivity index (χ0n) is 11.6. The molecule has 1 aromatic heterocycles. The average molecular weight is 278 g/mol. The van der Waals surface area contributed by atoms with Crippen molar-refractivity contribution in [2.75, 3.05) is 20.3 Å². The minimum absolute atomic E-state index is 0.121. The Bertz CT molecular complexity index is 524. The Morgan fingerprint density at radius 3 is 2.55 bits per heavy atom. The second-order valence-corrected chi connectivity index (χ2v) is 4.89. The normalized spacial score (nSPS) is 15.9. The third-order valence-electron chi connectivity index (χ3n) is 3.59. The zero-order valence-corrected chi connectivity index (χ0v) is 11.6. The molecule has 0 unspecified atom stereocenters. The molecule has 0 aromatic carbocycles. The van der Waals surface area contributed by atoms with Gasteiger partial charge in [-0.2, -0.15) is 0 Å². The minimum Gasteiger partial charge on any atom is -0.478 e. The topological polar surface area (TPSA) is 79.7 Å². The van der Waals surface area contributed by atoms with E-state index in [1.54, 1.807) is 18.9 Å². The maximum Gasteiger partial charge on any atom is 0.337 e. The molecule has 1 aliphatic rings. The molecule has 0 aliphatic carbocycles. The van der Waals surface area contributed by atoms with Crippen molar-refractivity contribution in [3.63, 3.8) is 0 Å². The number of rotatable bonds is 3. The van der Waals surface area contributed by atoms with Gasteiger partial charge in [-0.15, -0.1) is 0 Å². The number of aromatic carboxylic acids is 1. The monoisotopic (exact) mass is 278 g/mol. The van der Waals surface area contributed by atoms with Crippen molar-refractivity contribution in [2.45, 2.75) is 25.8 Å². The van der Waals surface area contributed by atoms with Gasteiger partial charge in [0.1, 0.15) is 5.69 Å². The van der Waals surface area contributed by atoms with Gasteiger partial charge in [0.15, 0.2) is 0 Å². The number of hydrogen-bond acceptors (Lipinski definition) is 4. The number of carboxylic acids is 1. The number of carbonyl (C=O) groups is 2. The summed E-state index contributed by atoms with van der Waals surface area (Å²) in [5, 5.41) is 8.96. The van der Waals surface area contributed by atoms with Crippen LogP contribution in [0.3, 0.4) is 0 Å². The first-order valence-electron chi connectivity index (χ1n) is 6.56. The lowest BCUT2D eigenvalue weighted by atomic mass is 10.1. The molecule has 20 heavy (non-hydrogen) atoms. The summed E-state index contributed by atoms with van der Waals surface area (Å²) in [4.78, 5) is 29.1. The summed E-state index contributed by atoms with van der Waals surface area (Å²) in [6.45, 7) is 2.91. The fraction of sp³-hybridized carbons (Fsp3) is 0.500. The molecule has 0 bridgehead atoms. The number of carboxylic acid groups (broad SMARTS) is 1. The molecular formula is C14H18N2O4. The highest BCUT2D eigenvalue weighted by molar-refractivity contribution is 5.94. The Balaban J connectivity index is 2.16. The van der Waals surface area contributed by atoms with Gasteiger partial charge in [0.25, 0.3) is 5.91 Å². The fourth-order valence-electron chi connectivity index (χ4n) is 2.33. The molecule has 6 heteroatoms. The molecule has 1 N–H and O–H groups in total. The van der Waals surface area contributed by atoms with Crippen molar-refractivity contribution < 1.29 is 19.4 Å². The van der Waals surface area contributed by atoms with Gasteiger partial charge < -0.3 is 14.7 Å². The van der Waals surface area contributed by atoms with Gasteiger partial charge in [-0.25, -0.2) is 9.78 Å². The summed E-state index contributed by atoms with van der Waals surface area (Å²) in [6.07, 6.45) is 1.63. The number of nitrogens with zero attached hydrogens (tertiary/aromatic N) is 2. The lowest BCUT2D eigenvalue weighted by Gasteiger charge is -2.31. The first kappa shape index (κ1) is 14.5. The van der Waals surface area contributed by atoms with Gasteiger partial charge in [-0.1, -0.05) is 0 Å². The first-order chi connectivity index (χ1) is 9.50. The quantitative estimate of drug-likeness (QED) is 0.902. The summed E-state index contributed by atoms with van der Waals surface area (Å²) in [7, 11) is 1.75. The van der Waals surface area contributed by atoms with Gasteiger partial charge in [0.2, 0.25) is 0 Å². The number of aromatic nitrogens is 1. The molecule has 2 rings (SSSR count). The Kier molecular flexibility index (Phi) is 4.34. The second kappa shape index (κ2) is 6.00. The molecule has 2 heterocycles. The van der Waals surface area contributed by atoms with E-state index >= 15 is 0 Å². The van der Waals surface area contributed by atoms with Crippen LogP contribution in [-0.4, -0.2) is 53.2 Å². The summed E-state index contributed by atoms with van der Waals surface area (Å²) in [5.74, 6) is -1.22. The molecule has 1 aliphatic heterocycles. The van der Waals surface area contributed by atoms with E-state index in [9.17, 15) is 9.59 Å². The lowest BCUT2D eigenvalue weighted by Crippen LogP contribution is -2.41. The van der Waals surface area contributed by atoms with Crippen LogP contribution in [0.15, 0.2) is 12.1 Å². The van der Waals surface area contributed by atoms with Crippen LogP contribution in [0.2, 0.25) is 0 Å². The van der Waals surface area contributed by atoms with Crippen molar-refractivity contribution in [3.05, 3.63) is 29.1 Å². The van der Waals surface area contributed by atoms with E-state index in [1.807, 2.05) is 0 Å². The van der Waals surface area contributed by atoms with Crippen LogP contribution in [0.1, 0.15) is 39.4 Å². The number of carbonyl (C=O) groups excluding carboxylic acids is 1. The second-order valence-electron chi connectivity index (χ2n) is 4.89. The largest absolute Gasteiger partial charge is 0.478 e. The highest BCUT2D eigenvalue weighted by atomic mass is 16.5. The van der Waals surface area contributed by atoms with Crippen LogP contribution in [0.4, 0.5) is 0 Å². The Morgan fingerprint density at radius 2 is 2.00 bits per heavy atom. The predicted octanol–water partition coefficient (Wildman–Crippen LogP) is 1.34. The molecule has 1 saturated heterocycles. The van der Waals surface area contributed by atoms with Crippen LogP contribution in [-0.2, 0) is 4.74 Å². The van der Waals surface area contributed by atoms with Gasteiger partial charge in [0.05, 0.1) is 11.3 Å². The number of ether oxygens (including phenoxy) is 1. The van der Waals surface area contributed by atoms with E-state index in [0.29, 0.717) is 18.9 Å². The molecule has 0 saturated carbocycles. The Hall–Kier alpha value is -1.95. The first-order valence-corrected chi connectivity index (χ1v) is 6.56. The van der Waals surface area contributed by atoms with E-state index in [-0.39, 0.29) is 23.2 Å². The summed E-state index contributed by atoms with van der Waals surface area (Å²) < 4.78 is 5.28. The standard InChI is InChI=1S/C14H18N2O4/c1-9-11(14(18)19)3-4-12(15-9)13(17)16(2)10-5-7-20-8-6-10/h3-4,10H,5-8H2,1-2H3,(H,18,19). The number of hydrogen-bond donors (Lipinski definition) is 1. The van der Waals surface area contributed by atoms with E-state index in [1.165, 1.54) is 12.1 Å². The van der Waals surface area contributed by atoms with Crippen molar-refractivity contribution in [2.24, 2.45) is 0 Å².